The second kappa shape index (κ2) is 10.6. The molecule has 0 heterocycles. The van der Waals surface area contributed by atoms with Crippen molar-refractivity contribution in [3.05, 3.63) is 94.0 Å². The molecule has 0 aliphatic heterocycles. The Morgan fingerprint density at radius 2 is 1.76 bits per heavy atom. The number of carbonyl (C=O) groups excluding carboxylic acids is 1. The zero-order valence-corrected chi connectivity index (χ0v) is 19.7. The van der Waals surface area contributed by atoms with Crippen molar-refractivity contribution < 1.29 is 19.4 Å². The molecule has 34 heavy (non-hydrogen) atoms. The van der Waals surface area contributed by atoms with E-state index in [1.807, 2.05) is 54.6 Å². The van der Waals surface area contributed by atoms with Crippen LogP contribution >= 0.6 is 11.6 Å². The van der Waals surface area contributed by atoms with Crippen molar-refractivity contribution in [2.24, 2.45) is 0 Å². The van der Waals surface area contributed by atoms with Gasteiger partial charge in [-0.2, -0.15) is 0 Å². The molecular weight excluding hydrogens is 450 g/mol. The first kappa shape index (κ1) is 23.6. The Kier molecular flexibility index (Phi) is 7.33. The minimum Gasteiger partial charge on any atom is -0.488 e. The number of carboxylic acid groups (broad SMARTS) is 1. The molecule has 2 N–H and O–H groups in total. The van der Waals surface area contributed by atoms with Gasteiger partial charge in [-0.05, 0) is 71.9 Å². The van der Waals surface area contributed by atoms with E-state index in [4.69, 9.17) is 16.3 Å². The number of amides is 1. The van der Waals surface area contributed by atoms with Crippen LogP contribution in [0.3, 0.4) is 0 Å². The van der Waals surface area contributed by atoms with Gasteiger partial charge in [0.25, 0.3) is 0 Å². The van der Waals surface area contributed by atoms with Gasteiger partial charge < -0.3 is 15.2 Å². The number of carboxylic acids is 1. The van der Waals surface area contributed by atoms with E-state index >= 15 is 0 Å². The average Bonchev–Trinajstić information content (AvgIpc) is 3.33. The van der Waals surface area contributed by atoms with Crippen molar-refractivity contribution >= 4 is 40.3 Å². The standard InChI is InChI=1S/C28H26ClNO4/c1-2-27(31)30-25-13-11-19(15-24(25)28(32)33)21-9-6-10-22(21)23-16-20(29)12-14-26(23)34-17-18-7-4-3-5-8-18/h3-5,7-8,11-16H,2,6,9-10,17H2,1H3,(H,30,31)(H,32,33). The van der Waals surface area contributed by atoms with Crippen LogP contribution in [-0.4, -0.2) is 17.0 Å². The fraction of sp³-hybridized carbons (Fsp3) is 0.214. The molecule has 0 fully saturated rings. The highest BCUT2D eigenvalue weighted by Gasteiger charge is 2.23. The molecule has 1 aliphatic carbocycles. The van der Waals surface area contributed by atoms with Crippen molar-refractivity contribution in [2.45, 2.75) is 39.2 Å². The fourth-order valence-electron chi connectivity index (χ4n) is 4.22. The Labute approximate surface area is 204 Å². The minimum atomic E-state index is -1.08. The molecule has 0 saturated heterocycles. The largest absolute Gasteiger partial charge is 0.488 e. The zero-order chi connectivity index (χ0) is 24.1. The van der Waals surface area contributed by atoms with Gasteiger partial charge in [-0.3, -0.25) is 4.79 Å². The van der Waals surface area contributed by atoms with Crippen LogP contribution in [0.25, 0.3) is 11.1 Å². The fourth-order valence-corrected chi connectivity index (χ4v) is 4.39. The molecule has 0 radical (unpaired) electrons. The summed E-state index contributed by atoms with van der Waals surface area (Å²) in [4.78, 5) is 23.8. The van der Waals surface area contributed by atoms with Gasteiger partial charge in [0.05, 0.1) is 11.3 Å². The number of allylic oxidation sites excluding steroid dienone is 2. The summed E-state index contributed by atoms with van der Waals surface area (Å²) in [6.45, 7) is 2.16. The number of hydrogen-bond acceptors (Lipinski definition) is 3. The lowest BCUT2D eigenvalue weighted by Gasteiger charge is -2.16. The third-order valence-corrected chi connectivity index (χ3v) is 6.15. The molecule has 0 atom stereocenters. The van der Waals surface area contributed by atoms with E-state index in [1.165, 1.54) is 0 Å². The Morgan fingerprint density at radius 1 is 1.00 bits per heavy atom. The first-order valence-electron chi connectivity index (χ1n) is 11.3. The maximum Gasteiger partial charge on any atom is 0.337 e. The van der Waals surface area contributed by atoms with Gasteiger partial charge >= 0.3 is 5.97 Å². The first-order chi connectivity index (χ1) is 16.5. The third-order valence-electron chi connectivity index (χ3n) is 5.92. The Bertz CT molecular complexity index is 1250. The number of anilines is 1. The van der Waals surface area contributed by atoms with Gasteiger partial charge in [-0.1, -0.05) is 54.9 Å². The molecule has 4 rings (SSSR count). The Morgan fingerprint density at radius 3 is 2.50 bits per heavy atom. The number of aromatic carboxylic acids is 1. The SMILES string of the molecule is CCC(=O)Nc1ccc(C2=C(c3cc(Cl)ccc3OCc3ccccc3)CCC2)cc1C(=O)O. The highest BCUT2D eigenvalue weighted by molar-refractivity contribution is 6.30. The van der Waals surface area contributed by atoms with Crippen molar-refractivity contribution in [1.29, 1.82) is 0 Å². The lowest BCUT2D eigenvalue weighted by Crippen LogP contribution is -2.13. The summed E-state index contributed by atoms with van der Waals surface area (Å²) in [5.41, 5.74) is 5.38. The van der Waals surface area contributed by atoms with E-state index in [0.29, 0.717) is 17.3 Å². The topological polar surface area (TPSA) is 75.6 Å². The maximum absolute atomic E-state index is 11.9. The lowest BCUT2D eigenvalue weighted by molar-refractivity contribution is -0.115. The molecule has 5 nitrogen and oxygen atoms in total. The Balaban J connectivity index is 1.72. The van der Waals surface area contributed by atoms with E-state index in [2.05, 4.69) is 5.32 Å². The molecular formula is C28H26ClNO4. The molecule has 0 bridgehead atoms. The zero-order valence-electron chi connectivity index (χ0n) is 18.9. The summed E-state index contributed by atoms with van der Waals surface area (Å²) in [7, 11) is 0. The van der Waals surface area contributed by atoms with E-state index < -0.39 is 5.97 Å². The van der Waals surface area contributed by atoms with E-state index in [1.54, 1.807) is 19.1 Å². The van der Waals surface area contributed by atoms with Crippen molar-refractivity contribution in [1.82, 2.24) is 0 Å². The van der Waals surface area contributed by atoms with Crippen molar-refractivity contribution in [3.63, 3.8) is 0 Å². The molecule has 6 heteroatoms. The molecule has 1 aliphatic rings. The number of ether oxygens (including phenoxy) is 1. The summed E-state index contributed by atoms with van der Waals surface area (Å²) >= 11 is 6.36. The van der Waals surface area contributed by atoms with E-state index in [9.17, 15) is 14.7 Å². The first-order valence-corrected chi connectivity index (χ1v) is 11.7. The van der Waals surface area contributed by atoms with Gasteiger partial charge in [-0.15, -0.1) is 0 Å². The second-order valence-corrected chi connectivity index (χ2v) is 8.63. The minimum absolute atomic E-state index is 0.0738. The average molecular weight is 476 g/mol. The number of halogens is 1. The van der Waals surface area contributed by atoms with Crippen molar-refractivity contribution in [2.75, 3.05) is 5.32 Å². The predicted molar refractivity (Wildman–Crippen MR) is 135 cm³/mol. The molecule has 0 aromatic heterocycles. The van der Waals surface area contributed by atoms with Gasteiger partial charge in [0.1, 0.15) is 12.4 Å². The monoisotopic (exact) mass is 475 g/mol. The quantitative estimate of drug-likeness (QED) is 0.365. The number of hydrogen-bond donors (Lipinski definition) is 2. The predicted octanol–water partition coefficient (Wildman–Crippen LogP) is 7.06. The number of rotatable bonds is 8. The number of nitrogens with one attached hydrogen (secondary N) is 1. The van der Waals surface area contributed by atoms with Gasteiger partial charge in [0.15, 0.2) is 0 Å². The highest BCUT2D eigenvalue weighted by Crippen LogP contribution is 2.44. The van der Waals surface area contributed by atoms with Gasteiger partial charge in [-0.25, -0.2) is 4.79 Å². The van der Waals surface area contributed by atoms with Crippen LogP contribution in [0.4, 0.5) is 5.69 Å². The molecule has 174 valence electrons. The summed E-state index contributed by atoms with van der Waals surface area (Å²) in [6.07, 6.45) is 2.89. The summed E-state index contributed by atoms with van der Waals surface area (Å²) in [5, 5.41) is 13.0. The lowest BCUT2D eigenvalue weighted by atomic mass is 9.94. The van der Waals surface area contributed by atoms with Crippen LogP contribution in [-0.2, 0) is 11.4 Å². The highest BCUT2D eigenvalue weighted by atomic mass is 35.5. The smallest absolute Gasteiger partial charge is 0.337 e. The van der Waals surface area contributed by atoms with Crippen LogP contribution in [0, 0.1) is 0 Å². The Hall–Kier alpha value is -3.57. The van der Waals surface area contributed by atoms with Gasteiger partial charge in [0, 0.05) is 17.0 Å². The van der Waals surface area contributed by atoms with Crippen LogP contribution in [0.1, 0.15) is 59.7 Å². The molecule has 3 aromatic carbocycles. The van der Waals surface area contributed by atoms with E-state index in [0.717, 1.165) is 52.8 Å². The molecule has 0 saturated carbocycles. The van der Waals surface area contributed by atoms with Gasteiger partial charge in [0.2, 0.25) is 5.91 Å². The summed E-state index contributed by atoms with van der Waals surface area (Å²) in [6, 6.07) is 20.7. The summed E-state index contributed by atoms with van der Waals surface area (Å²) < 4.78 is 6.18. The number of benzene rings is 3. The van der Waals surface area contributed by atoms with Crippen LogP contribution < -0.4 is 10.1 Å². The molecule has 0 spiro atoms. The normalized spacial score (nSPS) is 13.1. The second-order valence-electron chi connectivity index (χ2n) is 8.19. The third kappa shape index (κ3) is 5.32. The maximum atomic E-state index is 11.9. The van der Waals surface area contributed by atoms with Crippen molar-refractivity contribution in [3.8, 4) is 5.75 Å². The van der Waals surface area contributed by atoms with Crippen LogP contribution in [0.15, 0.2) is 66.7 Å². The van der Waals surface area contributed by atoms with Crippen LogP contribution in [0.2, 0.25) is 5.02 Å². The van der Waals surface area contributed by atoms with E-state index in [-0.39, 0.29) is 17.9 Å². The molecule has 0 unspecified atom stereocenters. The molecule has 3 aromatic rings. The van der Waals surface area contributed by atoms with Crippen LogP contribution in [0.5, 0.6) is 5.75 Å². The molecule has 1 amide bonds. The summed E-state index contributed by atoms with van der Waals surface area (Å²) in [5.74, 6) is -0.564. The number of carbonyl (C=O) groups is 2.